The van der Waals surface area contributed by atoms with Crippen molar-refractivity contribution in [2.45, 2.75) is 13.8 Å². The van der Waals surface area contributed by atoms with E-state index in [0.29, 0.717) is 12.5 Å². The molecule has 0 unspecified atom stereocenters. The van der Waals surface area contributed by atoms with Crippen molar-refractivity contribution < 1.29 is 31.3 Å². The summed E-state index contributed by atoms with van der Waals surface area (Å²) < 4.78 is 0. The molecule has 0 fully saturated rings. The van der Waals surface area contributed by atoms with Crippen LogP contribution in [-0.2, 0) is 26.2 Å². The van der Waals surface area contributed by atoms with Crippen LogP contribution >= 0.6 is 17.0 Å². The van der Waals surface area contributed by atoms with Gasteiger partial charge in [0.15, 0.2) is 0 Å². The van der Waals surface area contributed by atoms with Crippen LogP contribution in [0.5, 0.6) is 0 Å². The Bertz CT molecular complexity index is 25.7. The average Bonchev–Trinajstić information content (AvgIpc) is 1.38. The Kier molecular flexibility index (Phi) is 23.3. The zero-order valence-electron chi connectivity index (χ0n) is 4.64. The van der Waals surface area contributed by atoms with Crippen LogP contribution < -0.4 is 0 Å². The summed E-state index contributed by atoms with van der Waals surface area (Å²) in [4.78, 5) is 0. The molecule has 0 aliphatic heterocycles. The second-order valence-electron chi connectivity index (χ2n) is 1.58. The molecule has 0 aromatic rings. The summed E-state index contributed by atoms with van der Waals surface area (Å²) in [6, 6.07) is 0. The third-order valence-electron chi connectivity index (χ3n) is 0.365. The molecular weight excluding hydrogens is 235 g/mol. The largest absolute Gasteiger partial charge is 0.396 e. The SMILES string of the molecule is Br.CC(C)CO.[Zr]. The summed E-state index contributed by atoms with van der Waals surface area (Å²) in [6.07, 6.45) is 0. The van der Waals surface area contributed by atoms with Gasteiger partial charge in [0, 0.05) is 32.8 Å². The van der Waals surface area contributed by atoms with Crippen molar-refractivity contribution in [3.8, 4) is 0 Å². The van der Waals surface area contributed by atoms with E-state index in [-0.39, 0.29) is 43.2 Å². The summed E-state index contributed by atoms with van der Waals surface area (Å²) in [7, 11) is 0. The number of hydrogen-bond donors (Lipinski definition) is 1. The van der Waals surface area contributed by atoms with Crippen LogP contribution in [0, 0.1) is 5.92 Å². The molecule has 7 heavy (non-hydrogen) atoms. The molecular formula is C4H11BrOZr. The van der Waals surface area contributed by atoms with E-state index in [1.165, 1.54) is 0 Å². The molecule has 0 rings (SSSR count). The first-order valence-electron chi connectivity index (χ1n) is 1.88. The van der Waals surface area contributed by atoms with Gasteiger partial charge in [-0.15, -0.1) is 17.0 Å². The van der Waals surface area contributed by atoms with Gasteiger partial charge in [0.1, 0.15) is 0 Å². The maximum atomic E-state index is 8.14. The molecule has 0 aromatic carbocycles. The Morgan fingerprint density at radius 1 is 1.43 bits per heavy atom. The van der Waals surface area contributed by atoms with Crippen LogP contribution in [0.25, 0.3) is 0 Å². The maximum absolute atomic E-state index is 8.14. The van der Waals surface area contributed by atoms with Gasteiger partial charge < -0.3 is 5.11 Å². The van der Waals surface area contributed by atoms with E-state index in [1.54, 1.807) is 0 Å². The maximum Gasteiger partial charge on any atom is 0.0453 e. The van der Waals surface area contributed by atoms with Crippen LogP contribution in [0.1, 0.15) is 13.8 Å². The molecule has 0 radical (unpaired) electrons. The summed E-state index contributed by atoms with van der Waals surface area (Å²) in [5.41, 5.74) is 0. The fourth-order valence-corrected chi connectivity index (χ4v) is 0. The molecule has 0 saturated heterocycles. The van der Waals surface area contributed by atoms with E-state index >= 15 is 0 Å². The van der Waals surface area contributed by atoms with Crippen molar-refractivity contribution in [2.24, 2.45) is 5.92 Å². The fraction of sp³-hybridized carbons (Fsp3) is 1.00. The third-order valence-corrected chi connectivity index (χ3v) is 0.365. The molecule has 0 saturated carbocycles. The van der Waals surface area contributed by atoms with E-state index < -0.39 is 0 Å². The van der Waals surface area contributed by atoms with Crippen molar-refractivity contribution in [3.63, 3.8) is 0 Å². The van der Waals surface area contributed by atoms with Gasteiger partial charge in [-0.2, -0.15) is 0 Å². The predicted molar refractivity (Wildman–Crippen MR) is 32.2 cm³/mol. The first-order chi connectivity index (χ1) is 2.27. The Hall–Kier alpha value is 1.32. The molecule has 0 atom stereocenters. The monoisotopic (exact) mass is 244 g/mol. The molecule has 0 bridgehead atoms. The molecule has 1 nitrogen and oxygen atoms in total. The zero-order valence-corrected chi connectivity index (χ0v) is 8.81. The van der Waals surface area contributed by atoms with E-state index in [9.17, 15) is 0 Å². The van der Waals surface area contributed by atoms with Crippen molar-refractivity contribution in [2.75, 3.05) is 6.61 Å². The topological polar surface area (TPSA) is 20.2 Å². The summed E-state index contributed by atoms with van der Waals surface area (Å²) in [5, 5.41) is 8.14. The first-order valence-corrected chi connectivity index (χ1v) is 1.88. The van der Waals surface area contributed by atoms with Gasteiger partial charge in [-0.25, -0.2) is 0 Å². The average molecular weight is 246 g/mol. The first kappa shape index (κ1) is 15.8. The van der Waals surface area contributed by atoms with E-state index in [1.807, 2.05) is 13.8 Å². The van der Waals surface area contributed by atoms with Crippen molar-refractivity contribution in [1.29, 1.82) is 0 Å². The van der Waals surface area contributed by atoms with Crippen LogP contribution in [-0.4, -0.2) is 11.7 Å². The van der Waals surface area contributed by atoms with Gasteiger partial charge in [-0.05, 0) is 5.92 Å². The van der Waals surface area contributed by atoms with Crippen molar-refractivity contribution in [1.82, 2.24) is 0 Å². The van der Waals surface area contributed by atoms with Crippen molar-refractivity contribution in [3.05, 3.63) is 0 Å². The molecule has 44 valence electrons. The number of rotatable bonds is 1. The minimum absolute atomic E-state index is 0. The second kappa shape index (κ2) is 10.3. The van der Waals surface area contributed by atoms with Gasteiger partial charge >= 0.3 is 0 Å². The van der Waals surface area contributed by atoms with Crippen molar-refractivity contribution >= 4 is 17.0 Å². The number of aliphatic hydroxyl groups excluding tert-OH is 1. The quantitative estimate of drug-likeness (QED) is 0.737. The van der Waals surface area contributed by atoms with Gasteiger partial charge in [0.2, 0.25) is 0 Å². The molecule has 0 aliphatic rings. The van der Waals surface area contributed by atoms with Gasteiger partial charge in [0.05, 0.1) is 0 Å². The van der Waals surface area contributed by atoms with Gasteiger partial charge in [-0.3, -0.25) is 0 Å². The smallest absolute Gasteiger partial charge is 0.0453 e. The predicted octanol–water partition coefficient (Wildman–Crippen LogP) is 1.21. The number of hydrogen-bond acceptors (Lipinski definition) is 1. The molecule has 3 heteroatoms. The van der Waals surface area contributed by atoms with Crippen LogP contribution in [0.4, 0.5) is 0 Å². The summed E-state index contributed by atoms with van der Waals surface area (Å²) >= 11 is 0. The van der Waals surface area contributed by atoms with Crippen LogP contribution in [0.3, 0.4) is 0 Å². The minimum Gasteiger partial charge on any atom is -0.396 e. The van der Waals surface area contributed by atoms with E-state index in [4.69, 9.17) is 5.11 Å². The van der Waals surface area contributed by atoms with Crippen LogP contribution in [0.15, 0.2) is 0 Å². The molecule has 1 N–H and O–H groups in total. The molecule has 0 heterocycles. The third kappa shape index (κ3) is 18.8. The van der Waals surface area contributed by atoms with E-state index in [0.717, 1.165) is 0 Å². The molecule has 0 spiro atoms. The Morgan fingerprint density at radius 2 is 1.57 bits per heavy atom. The van der Waals surface area contributed by atoms with Gasteiger partial charge in [0.25, 0.3) is 0 Å². The standard InChI is InChI=1S/C4H10O.BrH.Zr/c1-4(2)3-5;;/h4-5H,3H2,1-2H3;1H;. The number of halogens is 1. The Morgan fingerprint density at radius 3 is 1.57 bits per heavy atom. The molecule has 0 aliphatic carbocycles. The summed E-state index contributed by atoms with van der Waals surface area (Å²) in [6.45, 7) is 4.25. The molecule has 0 amide bonds. The zero-order chi connectivity index (χ0) is 4.28. The fourth-order valence-electron chi connectivity index (χ4n) is 0. The molecule has 0 aromatic heterocycles. The van der Waals surface area contributed by atoms with E-state index in [2.05, 4.69) is 0 Å². The van der Waals surface area contributed by atoms with Crippen LogP contribution in [0.2, 0.25) is 0 Å². The Labute approximate surface area is 74.4 Å². The minimum atomic E-state index is 0. The number of aliphatic hydroxyl groups is 1. The normalized spacial score (nSPS) is 6.86. The van der Waals surface area contributed by atoms with Gasteiger partial charge in [-0.1, -0.05) is 13.8 Å². The second-order valence-corrected chi connectivity index (χ2v) is 1.58. The Balaban J connectivity index is -0.0000000800. The summed E-state index contributed by atoms with van der Waals surface area (Å²) in [5.74, 6) is 0.440.